The summed E-state index contributed by atoms with van der Waals surface area (Å²) in [7, 11) is 0. The van der Waals surface area contributed by atoms with E-state index in [9.17, 15) is 4.79 Å². The van der Waals surface area contributed by atoms with Crippen LogP contribution in [0.1, 0.15) is 46.1 Å². The molecule has 1 amide bonds. The van der Waals surface area contributed by atoms with Crippen molar-refractivity contribution in [3.63, 3.8) is 0 Å². The predicted molar refractivity (Wildman–Crippen MR) is 86.9 cm³/mol. The zero-order valence-electron chi connectivity index (χ0n) is 13.7. The number of carbonyl (C=O) groups excluding carboxylic acids is 1. The van der Waals surface area contributed by atoms with E-state index in [1.54, 1.807) is 0 Å². The average molecular weight is 288 g/mol. The van der Waals surface area contributed by atoms with Gasteiger partial charge in [0.25, 0.3) is 0 Å². The normalized spacial score (nSPS) is 23.9. The van der Waals surface area contributed by atoms with Crippen LogP contribution in [-0.2, 0) is 11.2 Å². The molecule has 0 aromatic heterocycles. The molecule has 0 aliphatic carbocycles. The Balaban J connectivity index is 2.00. The SMILES string of the molecule is CCC1NC(CCc2ccccc2)C(=O)N1C(C)C(C)C. The fraction of sp³-hybridized carbons (Fsp3) is 0.611. The minimum atomic E-state index is -0.0312. The van der Waals surface area contributed by atoms with Crippen LogP contribution in [0.3, 0.4) is 0 Å². The Morgan fingerprint density at radius 2 is 1.86 bits per heavy atom. The van der Waals surface area contributed by atoms with Crippen molar-refractivity contribution in [3.8, 4) is 0 Å². The van der Waals surface area contributed by atoms with E-state index < -0.39 is 0 Å². The van der Waals surface area contributed by atoms with Gasteiger partial charge in [-0.3, -0.25) is 10.1 Å². The van der Waals surface area contributed by atoms with E-state index in [0.29, 0.717) is 5.92 Å². The van der Waals surface area contributed by atoms with Gasteiger partial charge in [0.15, 0.2) is 0 Å². The van der Waals surface area contributed by atoms with Crippen molar-refractivity contribution in [2.75, 3.05) is 0 Å². The number of hydrogen-bond acceptors (Lipinski definition) is 2. The zero-order valence-corrected chi connectivity index (χ0v) is 13.7. The number of nitrogens with one attached hydrogen (secondary N) is 1. The van der Waals surface area contributed by atoms with Crippen LogP contribution in [-0.4, -0.2) is 29.1 Å². The molecule has 3 nitrogen and oxygen atoms in total. The first-order chi connectivity index (χ1) is 10.0. The molecule has 1 aliphatic heterocycles. The molecule has 1 heterocycles. The molecule has 0 bridgehead atoms. The molecule has 0 radical (unpaired) electrons. The molecule has 1 aromatic carbocycles. The van der Waals surface area contributed by atoms with Crippen molar-refractivity contribution >= 4 is 5.91 Å². The summed E-state index contributed by atoms with van der Waals surface area (Å²) < 4.78 is 0. The Labute approximate surface area is 128 Å². The monoisotopic (exact) mass is 288 g/mol. The molecule has 1 saturated heterocycles. The van der Waals surface area contributed by atoms with Crippen LogP contribution in [0.15, 0.2) is 30.3 Å². The van der Waals surface area contributed by atoms with Gasteiger partial charge in [0, 0.05) is 6.04 Å². The third-order valence-corrected chi connectivity index (χ3v) is 4.64. The van der Waals surface area contributed by atoms with Gasteiger partial charge < -0.3 is 4.90 Å². The van der Waals surface area contributed by atoms with Gasteiger partial charge in [0.2, 0.25) is 5.91 Å². The molecule has 2 rings (SSSR count). The van der Waals surface area contributed by atoms with Gasteiger partial charge in [0.05, 0.1) is 12.2 Å². The van der Waals surface area contributed by atoms with Gasteiger partial charge in [-0.25, -0.2) is 0 Å². The molecule has 0 spiro atoms. The van der Waals surface area contributed by atoms with Gasteiger partial charge in [0.1, 0.15) is 0 Å². The summed E-state index contributed by atoms with van der Waals surface area (Å²) in [5.41, 5.74) is 1.30. The maximum absolute atomic E-state index is 12.7. The second-order valence-electron chi connectivity index (χ2n) is 6.40. The second kappa shape index (κ2) is 7.08. The first-order valence-corrected chi connectivity index (χ1v) is 8.16. The summed E-state index contributed by atoms with van der Waals surface area (Å²) in [5, 5.41) is 3.52. The summed E-state index contributed by atoms with van der Waals surface area (Å²) in [6.45, 7) is 8.67. The van der Waals surface area contributed by atoms with Crippen LogP contribution in [0.2, 0.25) is 0 Å². The third-order valence-electron chi connectivity index (χ3n) is 4.64. The molecule has 3 atom stereocenters. The van der Waals surface area contributed by atoms with E-state index in [1.165, 1.54) is 5.56 Å². The van der Waals surface area contributed by atoms with Crippen LogP contribution in [0.4, 0.5) is 0 Å². The van der Waals surface area contributed by atoms with Gasteiger partial charge in [-0.2, -0.15) is 0 Å². The fourth-order valence-electron chi connectivity index (χ4n) is 3.00. The average Bonchev–Trinajstić information content (AvgIpc) is 2.81. The van der Waals surface area contributed by atoms with Crippen molar-refractivity contribution in [3.05, 3.63) is 35.9 Å². The Kier molecular flexibility index (Phi) is 5.40. The lowest BCUT2D eigenvalue weighted by Gasteiger charge is -2.32. The Morgan fingerprint density at radius 1 is 1.19 bits per heavy atom. The number of benzene rings is 1. The first kappa shape index (κ1) is 16.0. The molecule has 1 aliphatic rings. The lowest BCUT2D eigenvalue weighted by atomic mass is 10.0. The molecule has 3 heteroatoms. The van der Waals surface area contributed by atoms with Crippen molar-refractivity contribution < 1.29 is 4.79 Å². The van der Waals surface area contributed by atoms with E-state index in [-0.39, 0.29) is 24.2 Å². The Hall–Kier alpha value is -1.35. The number of rotatable bonds is 6. The van der Waals surface area contributed by atoms with Gasteiger partial charge in [-0.1, -0.05) is 51.1 Å². The smallest absolute Gasteiger partial charge is 0.241 e. The molecule has 0 saturated carbocycles. The van der Waals surface area contributed by atoms with E-state index in [2.05, 4.69) is 62.2 Å². The maximum Gasteiger partial charge on any atom is 0.241 e. The molecule has 116 valence electrons. The molecule has 21 heavy (non-hydrogen) atoms. The molecule has 1 fully saturated rings. The van der Waals surface area contributed by atoms with Crippen molar-refractivity contribution in [2.45, 2.75) is 65.2 Å². The number of amides is 1. The third kappa shape index (κ3) is 3.65. The summed E-state index contributed by atoms with van der Waals surface area (Å²) >= 11 is 0. The van der Waals surface area contributed by atoms with E-state index in [0.717, 1.165) is 19.3 Å². The molecular weight excluding hydrogens is 260 g/mol. The highest BCUT2D eigenvalue weighted by molar-refractivity contribution is 5.84. The van der Waals surface area contributed by atoms with Crippen LogP contribution < -0.4 is 5.32 Å². The van der Waals surface area contributed by atoms with Crippen molar-refractivity contribution in [1.29, 1.82) is 0 Å². The topological polar surface area (TPSA) is 32.3 Å². The summed E-state index contributed by atoms with van der Waals surface area (Å²) in [6, 6.07) is 10.7. The highest BCUT2D eigenvalue weighted by Crippen LogP contribution is 2.23. The number of aryl methyl sites for hydroxylation is 1. The minimum absolute atomic E-state index is 0.0312. The van der Waals surface area contributed by atoms with Gasteiger partial charge in [-0.15, -0.1) is 0 Å². The van der Waals surface area contributed by atoms with E-state index in [4.69, 9.17) is 0 Å². The number of hydrogen-bond donors (Lipinski definition) is 1. The quantitative estimate of drug-likeness (QED) is 0.872. The predicted octanol–water partition coefficient (Wildman–Crippen LogP) is 3.20. The number of nitrogens with zero attached hydrogens (tertiary/aromatic N) is 1. The van der Waals surface area contributed by atoms with E-state index in [1.807, 2.05) is 6.07 Å². The number of carbonyl (C=O) groups is 1. The van der Waals surface area contributed by atoms with Gasteiger partial charge >= 0.3 is 0 Å². The largest absolute Gasteiger partial charge is 0.323 e. The van der Waals surface area contributed by atoms with Crippen LogP contribution >= 0.6 is 0 Å². The molecule has 1 N–H and O–H groups in total. The van der Waals surface area contributed by atoms with Crippen LogP contribution in [0.5, 0.6) is 0 Å². The van der Waals surface area contributed by atoms with Gasteiger partial charge in [-0.05, 0) is 37.7 Å². The fourth-order valence-corrected chi connectivity index (χ4v) is 3.00. The lowest BCUT2D eigenvalue weighted by molar-refractivity contribution is -0.133. The van der Waals surface area contributed by atoms with E-state index >= 15 is 0 Å². The van der Waals surface area contributed by atoms with Crippen LogP contribution in [0.25, 0.3) is 0 Å². The summed E-state index contributed by atoms with van der Waals surface area (Å²) in [4.78, 5) is 14.8. The standard InChI is InChI=1S/C18H28N2O/c1-5-17-19-16(12-11-15-9-7-6-8-10-15)18(21)20(17)14(4)13(2)3/h6-10,13-14,16-17,19H,5,11-12H2,1-4H3. The van der Waals surface area contributed by atoms with Crippen molar-refractivity contribution in [1.82, 2.24) is 10.2 Å². The van der Waals surface area contributed by atoms with Crippen LogP contribution in [0, 0.1) is 5.92 Å². The summed E-state index contributed by atoms with van der Waals surface area (Å²) in [5.74, 6) is 0.761. The summed E-state index contributed by atoms with van der Waals surface area (Å²) in [6.07, 6.45) is 2.98. The highest BCUT2D eigenvalue weighted by Gasteiger charge is 2.40. The zero-order chi connectivity index (χ0) is 15.4. The first-order valence-electron chi connectivity index (χ1n) is 8.16. The Bertz CT molecular complexity index is 458. The Morgan fingerprint density at radius 3 is 2.43 bits per heavy atom. The molecule has 1 aromatic rings. The van der Waals surface area contributed by atoms with Crippen molar-refractivity contribution in [2.24, 2.45) is 5.92 Å². The highest BCUT2D eigenvalue weighted by atomic mass is 16.2. The maximum atomic E-state index is 12.7. The second-order valence-corrected chi connectivity index (χ2v) is 6.40. The minimum Gasteiger partial charge on any atom is -0.323 e. The molecular formula is C18H28N2O. The molecule has 3 unspecified atom stereocenters. The lowest BCUT2D eigenvalue weighted by Crippen LogP contribution is -2.45.